The number of ether oxygens (including phenoxy) is 2. The lowest BCUT2D eigenvalue weighted by atomic mass is 10.0. The number of carbonyl (C=O) groups is 2. The van der Waals surface area contributed by atoms with Crippen LogP contribution in [0.4, 0.5) is 5.69 Å². The first-order valence-electron chi connectivity index (χ1n) is 11.4. The minimum Gasteiger partial charge on any atom is -0.482 e. The summed E-state index contributed by atoms with van der Waals surface area (Å²) < 4.78 is 10.9. The van der Waals surface area contributed by atoms with Crippen LogP contribution in [0.2, 0.25) is 0 Å². The Morgan fingerprint density at radius 3 is 1.91 bits per heavy atom. The average Bonchev–Trinajstić information content (AvgIpc) is 2.86. The second-order valence-corrected chi connectivity index (χ2v) is 8.45. The highest BCUT2D eigenvalue weighted by molar-refractivity contribution is 6.04. The van der Waals surface area contributed by atoms with Crippen LogP contribution in [0, 0.1) is 20.8 Å². The highest BCUT2D eigenvalue weighted by Gasteiger charge is 2.11. The van der Waals surface area contributed by atoms with Gasteiger partial charge in [0.15, 0.2) is 6.61 Å². The monoisotopic (exact) mass is 465 g/mol. The van der Waals surface area contributed by atoms with Crippen molar-refractivity contribution in [3.8, 4) is 22.6 Å². The summed E-state index contributed by atoms with van der Waals surface area (Å²) in [7, 11) is 0. The maximum Gasteiger partial charge on any atom is 0.349 e. The van der Waals surface area contributed by atoms with E-state index < -0.39 is 5.97 Å². The Kier molecular flexibility index (Phi) is 7.27. The molecule has 4 rings (SSSR count). The molecule has 4 aromatic rings. The van der Waals surface area contributed by atoms with E-state index >= 15 is 0 Å². The fourth-order valence-corrected chi connectivity index (χ4v) is 3.53. The SMILES string of the molecule is Cc1ccc(-c2ccc(OCC(=O)Oc3ccc(C(=O)Nc4cc(C)ccc4C)cc3)cc2)cc1. The molecule has 0 heterocycles. The highest BCUT2D eigenvalue weighted by Crippen LogP contribution is 2.23. The number of nitrogens with one attached hydrogen (secondary N) is 1. The number of hydrogen-bond acceptors (Lipinski definition) is 4. The van der Waals surface area contributed by atoms with Gasteiger partial charge in [0, 0.05) is 11.3 Å². The van der Waals surface area contributed by atoms with Crippen LogP contribution in [0.25, 0.3) is 11.1 Å². The summed E-state index contributed by atoms with van der Waals surface area (Å²) in [5.74, 6) is 0.169. The third-order valence-corrected chi connectivity index (χ3v) is 5.59. The minimum absolute atomic E-state index is 0.223. The van der Waals surface area contributed by atoms with Gasteiger partial charge in [-0.2, -0.15) is 0 Å². The second-order valence-electron chi connectivity index (χ2n) is 8.45. The molecule has 1 amide bonds. The standard InChI is InChI=1S/C30H27NO4/c1-20-5-8-23(9-6-20)24-10-14-26(15-11-24)34-19-29(32)35-27-16-12-25(13-17-27)30(33)31-28-18-21(2)4-7-22(28)3/h4-18H,19H2,1-3H3,(H,31,33). The molecule has 0 aliphatic rings. The van der Waals surface area contributed by atoms with E-state index in [-0.39, 0.29) is 12.5 Å². The summed E-state index contributed by atoms with van der Waals surface area (Å²) in [6, 6.07) is 28.1. The summed E-state index contributed by atoms with van der Waals surface area (Å²) in [6.07, 6.45) is 0. The molecular formula is C30H27NO4. The van der Waals surface area contributed by atoms with Gasteiger partial charge >= 0.3 is 5.97 Å². The molecule has 0 saturated carbocycles. The van der Waals surface area contributed by atoms with Crippen LogP contribution in [-0.2, 0) is 4.79 Å². The van der Waals surface area contributed by atoms with Gasteiger partial charge in [-0.15, -0.1) is 0 Å². The van der Waals surface area contributed by atoms with Gasteiger partial charge in [0.25, 0.3) is 5.91 Å². The van der Waals surface area contributed by atoms with Gasteiger partial charge in [-0.25, -0.2) is 4.79 Å². The van der Waals surface area contributed by atoms with Crippen LogP contribution in [-0.4, -0.2) is 18.5 Å². The highest BCUT2D eigenvalue weighted by atomic mass is 16.6. The summed E-state index contributed by atoms with van der Waals surface area (Å²) in [4.78, 5) is 24.8. The molecule has 0 unspecified atom stereocenters. The lowest BCUT2D eigenvalue weighted by molar-refractivity contribution is -0.136. The first kappa shape index (κ1) is 23.8. The Hall–Kier alpha value is -4.38. The molecule has 0 saturated heterocycles. The van der Waals surface area contributed by atoms with Crippen LogP contribution in [0.1, 0.15) is 27.0 Å². The van der Waals surface area contributed by atoms with Gasteiger partial charge in [-0.1, -0.05) is 54.1 Å². The van der Waals surface area contributed by atoms with Crippen LogP contribution in [0.15, 0.2) is 91.0 Å². The lowest BCUT2D eigenvalue weighted by Gasteiger charge is -2.10. The molecule has 35 heavy (non-hydrogen) atoms. The fourth-order valence-electron chi connectivity index (χ4n) is 3.53. The number of anilines is 1. The van der Waals surface area contributed by atoms with Crippen LogP contribution in [0.3, 0.4) is 0 Å². The quantitative estimate of drug-likeness (QED) is 0.249. The van der Waals surface area contributed by atoms with Gasteiger partial charge in [-0.05, 0) is 85.5 Å². The van der Waals surface area contributed by atoms with E-state index in [4.69, 9.17) is 9.47 Å². The van der Waals surface area contributed by atoms with Crippen molar-refractivity contribution in [2.45, 2.75) is 20.8 Å². The normalized spacial score (nSPS) is 10.5. The van der Waals surface area contributed by atoms with Gasteiger partial charge in [0.1, 0.15) is 11.5 Å². The van der Waals surface area contributed by atoms with Gasteiger partial charge in [0.05, 0.1) is 0 Å². The zero-order valence-electron chi connectivity index (χ0n) is 20.0. The largest absolute Gasteiger partial charge is 0.482 e. The van der Waals surface area contributed by atoms with Gasteiger partial charge in [-0.3, -0.25) is 4.79 Å². The molecule has 0 atom stereocenters. The number of rotatable bonds is 7. The molecular weight excluding hydrogens is 438 g/mol. The van der Waals surface area contributed by atoms with Gasteiger partial charge in [0.2, 0.25) is 0 Å². The van der Waals surface area contributed by atoms with E-state index in [2.05, 4.69) is 36.5 Å². The van der Waals surface area contributed by atoms with Crippen molar-refractivity contribution in [1.29, 1.82) is 0 Å². The number of amides is 1. The number of aryl methyl sites for hydroxylation is 3. The molecule has 0 aliphatic heterocycles. The van der Waals surface area contributed by atoms with Crippen molar-refractivity contribution in [3.05, 3.63) is 113 Å². The number of esters is 1. The van der Waals surface area contributed by atoms with Crippen molar-refractivity contribution in [3.63, 3.8) is 0 Å². The zero-order chi connectivity index (χ0) is 24.8. The molecule has 176 valence electrons. The first-order valence-corrected chi connectivity index (χ1v) is 11.4. The third-order valence-electron chi connectivity index (χ3n) is 5.59. The number of benzene rings is 4. The zero-order valence-corrected chi connectivity index (χ0v) is 20.0. The molecule has 0 aliphatic carbocycles. The molecule has 1 N–H and O–H groups in total. The van der Waals surface area contributed by atoms with Crippen molar-refractivity contribution < 1.29 is 19.1 Å². The molecule has 5 heteroatoms. The van der Waals surface area contributed by atoms with E-state index in [1.807, 2.05) is 56.3 Å². The molecule has 0 spiro atoms. The Morgan fingerprint density at radius 1 is 0.686 bits per heavy atom. The van der Waals surface area contributed by atoms with E-state index in [1.165, 1.54) is 5.56 Å². The van der Waals surface area contributed by atoms with Gasteiger partial charge < -0.3 is 14.8 Å². The Labute approximate surface area is 205 Å². The smallest absolute Gasteiger partial charge is 0.349 e. The van der Waals surface area contributed by atoms with Crippen molar-refractivity contribution in [2.75, 3.05) is 11.9 Å². The van der Waals surface area contributed by atoms with Crippen LogP contribution in [0.5, 0.6) is 11.5 Å². The Balaban J connectivity index is 1.28. The molecule has 0 bridgehead atoms. The lowest BCUT2D eigenvalue weighted by Crippen LogP contribution is -2.18. The van der Waals surface area contributed by atoms with E-state index in [0.29, 0.717) is 17.1 Å². The fraction of sp³-hybridized carbons (Fsp3) is 0.133. The summed E-state index contributed by atoms with van der Waals surface area (Å²) >= 11 is 0. The van der Waals surface area contributed by atoms with Crippen molar-refractivity contribution in [1.82, 2.24) is 0 Å². The topological polar surface area (TPSA) is 64.6 Å². The predicted molar refractivity (Wildman–Crippen MR) is 138 cm³/mol. The molecule has 5 nitrogen and oxygen atoms in total. The van der Waals surface area contributed by atoms with E-state index in [0.717, 1.165) is 27.9 Å². The predicted octanol–water partition coefficient (Wildman–Crippen LogP) is 6.52. The van der Waals surface area contributed by atoms with E-state index in [9.17, 15) is 9.59 Å². The molecule has 0 fully saturated rings. The van der Waals surface area contributed by atoms with Crippen LogP contribution >= 0.6 is 0 Å². The molecule has 4 aromatic carbocycles. The summed E-state index contributed by atoms with van der Waals surface area (Å²) in [6.45, 7) is 5.75. The molecule has 0 radical (unpaired) electrons. The summed E-state index contributed by atoms with van der Waals surface area (Å²) in [5.41, 5.74) is 6.69. The maximum atomic E-state index is 12.6. The Morgan fingerprint density at radius 2 is 1.26 bits per heavy atom. The van der Waals surface area contributed by atoms with E-state index in [1.54, 1.807) is 24.3 Å². The van der Waals surface area contributed by atoms with Crippen LogP contribution < -0.4 is 14.8 Å². The number of hydrogen-bond donors (Lipinski definition) is 1. The van der Waals surface area contributed by atoms with Crippen molar-refractivity contribution in [2.24, 2.45) is 0 Å². The average molecular weight is 466 g/mol. The van der Waals surface area contributed by atoms with Crippen molar-refractivity contribution >= 4 is 17.6 Å². The second kappa shape index (κ2) is 10.7. The number of carbonyl (C=O) groups excluding carboxylic acids is 2. The third kappa shape index (κ3) is 6.36. The first-order chi connectivity index (χ1) is 16.9. The maximum absolute atomic E-state index is 12.6. The molecule has 0 aromatic heterocycles. The Bertz CT molecular complexity index is 1320. The summed E-state index contributed by atoms with van der Waals surface area (Å²) in [5, 5.41) is 2.92. The minimum atomic E-state index is -0.528.